The number of aryl methyl sites for hydroxylation is 1. The average Bonchev–Trinajstić information content (AvgIpc) is 3.26. The lowest BCUT2D eigenvalue weighted by molar-refractivity contribution is -0.116. The molecule has 8 heteroatoms. The molecule has 4 heterocycles. The first-order valence-corrected chi connectivity index (χ1v) is 9.26. The zero-order chi connectivity index (χ0) is 18.6. The van der Waals surface area contributed by atoms with E-state index in [4.69, 9.17) is 4.52 Å². The summed E-state index contributed by atoms with van der Waals surface area (Å²) in [5.74, 6) is 1.14. The van der Waals surface area contributed by atoms with Crippen LogP contribution in [0.4, 0.5) is 5.82 Å². The maximum atomic E-state index is 12.0. The van der Waals surface area contributed by atoms with Gasteiger partial charge >= 0.3 is 0 Å². The summed E-state index contributed by atoms with van der Waals surface area (Å²) in [7, 11) is 0. The molecule has 0 saturated carbocycles. The summed E-state index contributed by atoms with van der Waals surface area (Å²) in [5, 5.41) is 6.55. The van der Waals surface area contributed by atoms with Crippen LogP contribution in [-0.2, 0) is 11.3 Å². The summed E-state index contributed by atoms with van der Waals surface area (Å²) < 4.78 is 7.01. The van der Waals surface area contributed by atoms with Crippen molar-refractivity contribution in [1.82, 2.24) is 24.3 Å². The third kappa shape index (κ3) is 4.53. The molecule has 0 aromatic carbocycles. The van der Waals surface area contributed by atoms with Crippen LogP contribution < -0.4 is 5.32 Å². The Morgan fingerprint density at radius 3 is 2.78 bits per heavy atom. The van der Waals surface area contributed by atoms with E-state index in [2.05, 4.69) is 35.9 Å². The maximum Gasteiger partial charge on any atom is 0.226 e. The van der Waals surface area contributed by atoms with Gasteiger partial charge in [0.2, 0.25) is 5.91 Å². The number of nitrogens with one attached hydrogen (secondary N) is 1. The van der Waals surface area contributed by atoms with Crippen LogP contribution >= 0.6 is 0 Å². The van der Waals surface area contributed by atoms with Crippen LogP contribution in [0.15, 0.2) is 41.2 Å². The molecule has 4 rings (SSSR count). The van der Waals surface area contributed by atoms with Crippen molar-refractivity contribution in [3.05, 3.63) is 48.1 Å². The van der Waals surface area contributed by atoms with E-state index >= 15 is 0 Å². The SMILES string of the molecule is Cc1cc(NC(=O)CCN2CCN(Cc3cn4ccccc4n3)CC2)no1. The third-order valence-electron chi connectivity index (χ3n) is 4.81. The van der Waals surface area contributed by atoms with Crippen molar-refractivity contribution in [2.24, 2.45) is 0 Å². The van der Waals surface area contributed by atoms with Crippen molar-refractivity contribution in [3.63, 3.8) is 0 Å². The van der Waals surface area contributed by atoms with E-state index in [1.165, 1.54) is 0 Å². The molecule has 8 nitrogen and oxygen atoms in total. The number of anilines is 1. The topological polar surface area (TPSA) is 78.9 Å². The lowest BCUT2D eigenvalue weighted by Gasteiger charge is -2.34. The number of hydrogen-bond donors (Lipinski definition) is 1. The third-order valence-corrected chi connectivity index (χ3v) is 4.81. The summed E-state index contributed by atoms with van der Waals surface area (Å²) in [6, 6.07) is 7.75. The van der Waals surface area contributed by atoms with E-state index in [-0.39, 0.29) is 5.91 Å². The van der Waals surface area contributed by atoms with Gasteiger partial charge < -0.3 is 19.1 Å². The lowest BCUT2D eigenvalue weighted by atomic mass is 10.2. The molecule has 27 heavy (non-hydrogen) atoms. The summed E-state index contributed by atoms with van der Waals surface area (Å²) in [5.41, 5.74) is 2.08. The van der Waals surface area contributed by atoms with E-state index in [0.29, 0.717) is 18.0 Å². The second-order valence-electron chi connectivity index (χ2n) is 6.94. The number of nitrogens with zero attached hydrogens (tertiary/aromatic N) is 5. The summed E-state index contributed by atoms with van der Waals surface area (Å²) in [4.78, 5) is 21.4. The zero-order valence-electron chi connectivity index (χ0n) is 15.5. The Hall–Kier alpha value is -2.71. The van der Waals surface area contributed by atoms with Crippen LogP contribution in [0.1, 0.15) is 17.9 Å². The van der Waals surface area contributed by atoms with Gasteiger partial charge in [-0.05, 0) is 19.1 Å². The summed E-state index contributed by atoms with van der Waals surface area (Å²) in [6.45, 7) is 7.31. The largest absolute Gasteiger partial charge is 0.360 e. The molecule has 1 N–H and O–H groups in total. The van der Waals surface area contributed by atoms with Gasteiger partial charge in [-0.3, -0.25) is 9.69 Å². The average molecular weight is 368 g/mol. The lowest BCUT2D eigenvalue weighted by Crippen LogP contribution is -2.46. The second-order valence-corrected chi connectivity index (χ2v) is 6.94. The number of fused-ring (bicyclic) bond motifs is 1. The Kier molecular flexibility index (Phi) is 5.17. The quantitative estimate of drug-likeness (QED) is 0.714. The van der Waals surface area contributed by atoms with Crippen LogP contribution in [0.3, 0.4) is 0 Å². The van der Waals surface area contributed by atoms with Gasteiger partial charge in [-0.1, -0.05) is 11.2 Å². The van der Waals surface area contributed by atoms with Gasteiger partial charge in [-0.15, -0.1) is 0 Å². The summed E-state index contributed by atoms with van der Waals surface area (Å²) >= 11 is 0. The van der Waals surface area contributed by atoms with Crippen molar-refractivity contribution >= 4 is 17.4 Å². The van der Waals surface area contributed by atoms with Crippen LogP contribution in [0.25, 0.3) is 5.65 Å². The predicted molar refractivity (Wildman–Crippen MR) is 101 cm³/mol. The standard InChI is InChI=1S/C19H24N6O2/c1-15-12-17(22-27-15)21-19(26)5-7-23-8-10-24(11-9-23)13-16-14-25-6-3-2-4-18(25)20-16/h2-4,6,12,14H,5,7-11,13H2,1H3,(H,21,22,26). The number of aromatic nitrogens is 3. The molecule has 3 aromatic rings. The molecular formula is C19H24N6O2. The van der Waals surface area contributed by atoms with E-state index in [9.17, 15) is 4.79 Å². The number of hydrogen-bond acceptors (Lipinski definition) is 6. The van der Waals surface area contributed by atoms with Gasteiger partial charge in [-0.2, -0.15) is 0 Å². The number of amides is 1. The first-order chi connectivity index (χ1) is 13.2. The Morgan fingerprint density at radius 1 is 1.22 bits per heavy atom. The smallest absolute Gasteiger partial charge is 0.226 e. The van der Waals surface area contributed by atoms with Gasteiger partial charge in [0, 0.05) is 64.1 Å². The maximum absolute atomic E-state index is 12.0. The van der Waals surface area contributed by atoms with Crippen molar-refractivity contribution in [2.45, 2.75) is 19.9 Å². The molecule has 0 bridgehead atoms. The van der Waals surface area contributed by atoms with Gasteiger partial charge in [0.05, 0.1) is 5.69 Å². The predicted octanol–water partition coefficient (Wildman–Crippen LogP) is 1.78. The van der Waals surface area contributed by atoms with Gasteiger partial charge in [0.25, 0.3) is 0 Å². The van der Waals surface area contributed by atoms with Gasteiger partial charge in [0.15, 0.2) is 5.82 Å². The van der Waals surface area contributed by atoms with Crippen LogP contribution in [0.2, 0.25) is 0 Å². The second kappa shape index (κ2) is 7.89. The molecule has 0 radical (unpaired) electrons. The number of carbonyl (C=O) groups excluding carboxylic acids is 1. The Balaban J connectivity index is 1.20. The number of piperazine rings is 1. The highest BCUT2D eigenvalue weighted by molar-refractivity contribution is 5.89. The van der Waals surface area contributed by atoms with E-state index in [1.54, 1.807) is 13.0 Å². The molecule has 0 unspecified atom stereocenters. The first-order valence-electron chi connectivity index (χ1n) is 9.26. The minimum atomic E-state index is -0.0320. The van der Waals surface area contributed by atoms with Gasteiger partial charge in [0.1, 0.15) is 11.4 Å². The van der Waals surface area contributed by atoms with Gasteiger partial charge in [-0.25, -0.2) is 4.98 Å². The Labute approximate surface area is 157 Å². The number of rotatable bonds is 6. The molecule has 1 fully saturated rings. The molecule has 1 saturated heterocycles. The number of imidazole rings is 1. The molecule has 0 atom stereocenters. The molecule has 0 aliphatic carbocycles. The van der Waals surface area contributed by atoms with Crippen LogP contribution in [0, 0.1) is 6.92 Å². The molecule has 1 aliphatic rings. The first kappa shape index (κ1) is 17.7. The Morgan fingerprint density at radius 2 is 2.04 bits per heavy atom. The minimum Gasteiger partial charge on any atom is -0.360 e. The van der Waals surface area contributed by atoms with Crippen molar-refractivity contribution in [2.75, 3.05) is 38.0 Å². The highest BCUT2D eigenvalue weighted by Gasteiger charge is 2.18. The van der Waals surface area contributed by atoms with Crippen molar-refractivity contribution in [1.29, 1.82) is 0 Å². The number of carbonyl (C=O) groups is 1. The van der Waals surface area contributed by atoms with E-state index < -0.39 is 0 Å². The van der Waals surface area contributed by atoms with Crippen LogP contribution in [0.5, 0.6) is 0 Å². The molecular weight excluding hydrogens is 344 g/mol. The summed E-state index contributed by atoms with van der Waals surface area (Å²) in [6.07, 6.45) is 4.57. The zero-order valence-corrected chi connectivity index (χ0v) is 15.5. The molecule has 1 aliphatic heterocycles. The fourth-order valence-electron chi connectivity index (χ4n) is 3.35. The van der Waals surface area contributed by atoms with Crippen molar-refractivity contribution < 1.29 is 9.32 Å². The van der Waals surface area contributed by atoms with E-state index in [0.717, 1.165) is 50.6 Å². The van der Waals surface area contributed by atoms with Crippen LogP contribution in [-0.4, -0.2) is 63.0 Å². The highest BCUT2D eigenvalue weighted by Crippen LogP contribution is 2.11. The molecule has 3 aromatic heterocycles. The Bertz CT molecular complexity index is 877. The monoisotopic (exact) mass is 368 g/mol. The fraction of sp³-hybridized carbons (Fsp3) is 0.421. The fourth-order valence-corrected chi connectivity index (χ4v) is 3.35. The van der Waals surface area contributed by atoms with Crippen molar-refractivity contribution in [3.8, 4) is 0 Å². The van der Waals surface area contributed by atoms with E-state index in [1.807, 2.05) is 24.4 Å². The minimum absolute atomic E-state index is 0.0320. The molecule has 142 valence electrons. The molecule has 1 amide bonds. The number of pyridine rings is 1. The highest BCUT2D eigenvalue weighted by atomic mass is 16.5. The molecule has 0 spiro atoms. The normalized spacial score (nSPS) is 16.0.